The van der Waals surface area contributed by atoms with Crippen molar-refractivity contribution < 1.29 is 0 Å². The van der Waals surface area contributed by atoms with E-state index in [1.54, 1.807) is 0 Å². The second-order valence-corrected chi connectivity index (χ2v) is 6.71. The van der Waals surface area contributed by atoms with Crippen LogP contribution in [-0.4, -0.2) is 72.6 Å². The second-order valence-electron chi connectivity index (χ2n) is 6.71. The van der Waals surface area contributed by atoms with Crippen LogP contribution in [0, 0.1) is 0 Å². The molecule has 0 amide bonds. The number of piperazine rings is 1. The van der Waals surface area contributed by atoms with Crippen molar-refractivity contribution in [1.29, 1.82) is 0 Å². The summed E-state index contributed by atoms with van der Waals surface area (Å²) in [5, 5.41) is 8.03. The molecule has 0 atom stereocenters. The van der Waals surface area contributed by atoms with Gasteiger partial charge in [-0.05, 0) is 38.7 Å². The molecule has 25 heavy (non-hydrogen) atoms. The Morgan fingerprint density at radius 2 is 2.00 bits per heavy atom. The number of aromatic nitrogens is 2. The average molecular weight is 342 g/mol. The predicted molar refractivity (Wildman–Crippen MR) is 104 cm³/mol. The molecule has 136 valence electrons. The average Bonchev–Trinajstić information content (AvgIpc) is 2.65. The van der Waals surface area contributed by atoms with Gasteiger partial charge in [-0.3, -0.25) is 4.90 Å². The van der Waals surface area contributed by atoms with E-state index in [1.165, 1.54) is 0 Å². The van der Waals surface area contributed by atoms with Gasteiger partial charge in [0.05, 0.1) is 12.1 Å². The Balaban J connectivity index is 1.70. The topological polar surface area (TPSA) is 56.3 Å². The number of fused-ring (bicyclic) bond motifs is 1. The zero-order valence-electron chi connectivity index (χ0n) is 15.5. The first-order valence-electron chi connectivity index (χ1n) is 9.37. The van der Waals surface area contributed by atoms with Crippen molar-refractivity contribution in [2.24, 2.45) is 0 Å². The third kappa shape index (κ3) is 5.11. The van der Waals surface area contributed by atoms with Crippen LogP contribution in [0.15, 0.2) is 24.3 Å². The number of nitrogens with one attached hydrogen (secondary N) is 2. The smallest absolute Gasteiger partial charge is 0.145 e. The molecule has 2 N–H and O–H groups in total. The highest BCUT2D eigenvalue weighted by molar-refractivity contribution is 5.88. The minimum Gasteiger partial charge on any atom is -0.369 e. The fourth-order valence-electron chi connectivity index (χ4n) is 3.11. The summed E-state index contributed by atoms with van der Waals surface area (Å²) in [6.07, 6.45) is 1.11. The van der Waals surface area contributed by atoms with E-state index in [1.807, 2.05) is 6.07 Å². The highest BCUT2D eigenvalue weighted by Crippen LogP contribution is 2.20. The molecule has 0 unspecified atom stereocenters. The van der Waals surface area contributed by atoms with Crippen LogP contribution in [0.3, 0.4) is 0 Å². The van der Waals surface area contributed by atoms with E-state index in [0.717, 1.165) is 81.3 Å². The third-order valence-corrected chi connectivity index (χ3v) is 4.77. The summed E-state index contributed by atoms with van der Waals surface area (Å²) in [4.78, 5) is 14.4. The van der Waals surface area contributed by atoms with Crippen LogP contribution in [0.5, 0.6) is 0 Å². The molecule has 3 rings (SSSR count). The molecule has 1 fully saturated rings. The summed E-state index contributed by atoms with van der Waals surface area (Å²) in [6, 6.07) is 8.28. The summed E-state index contributed by atoms with van der Waals surface area (Å²) < 4.78 is 0. The molecule has 1 aliphatic rings. The number of hydrogen-bond donors (Lipinski definition) is 2. The van der Waals surface area contributed by atoms with Gasteiger partial charge >= 0.3 is 0 Å². The summed E-state index contributed by atoms with van der Waals surface area (Å²) >= 11 is 0. The molecule has 0 aliphatic carbocycles. The molecule has 0 saturated carbocycles. The van der Waals surface area contributed by atoms with Gasteiger partial charge in [-0.1, -0.05) is 19.1 Å². The van der Waals surface area contributed by atoms with E-state index in [2.05, 4.69) is 52.6 Å². The van der Waals surface area contributed by atoms with Crippen LogP contribution in [-0.2, 0) is 6.54 Å². The van der Waals surface area contributed by atoms with Gasteiger partial charge in [-0.25, -0.2) is 9.97 Å². The van der Waals surface area contributed by atoms with Crippen LogP contribution in [0.2, 0.25) is 0 Å². The zero-order chi connectivity index (χ0) is 17.5. The highest BCUT2D eigenvalue weighted by Gasteiger charge is 2.13. The lowest BCUT2D eigenvalue weighted by Crippen LogP contribution is -2.43. The molecule has 1 saturated heterocycles. The lowest BCUT2D eigenvalue weighted by atomic mass is 10.2. The first-order valence-corrected chi connectivity index (χ1v) is 9.37. The number of benzene rings is 1. The molecule has 0 bridgehead atoms. The third-order valence-electron chi connectivity index (χ3n) is 4.77. The molecule has 1 aromatic heterocycles. The Labute approximate surface area is 150 Å². The number of anilines is 1. The maximum Gasteiger partial charge on any atom is 0.145 e. The summed E-state index contributed by atoms with van der Waals surface area (Å²) in [5.74, 6) is 1.88. The summed E-state index contributed by atoms with van der Waals surface area (Å²) in [5.41, 5.74) is 1.02. The minimum atomic E-state index is 0.819. The lowest BCUT2D eigenvalue weighted by molar-refractivity contribution is 0.228. The van der Waals surface area contributed by atoms with E-state index in [0.29, 0.717) is 0 Å². The fraction of sp³-hybridized carbons (Fsp3) is 0.579. The van der Waals surface area contributed by atoms with Gasteiger partial charge in [0.2, 0.25) is 0 Å². The van der Waals surface area contributed by atoms with Gasteiger partial charge in [-0.15, -0.1) is 0 Å². The Morgan fingerprint density at radius 1 is 1.20 bits per heavy atom. The molecule has 0 spiro atoms. The van der Waals surface area contributed by atoms with E-state index in [4.69, 9.17) is 9.97 Å². The Hall–Kier alpha value is -1.76. The monoisotopic (exact) mass is 342 g/mol. The van der Waals surface area contributed by atoms with E-state index < -0.39 is 0 Å². The van der Waals surface area contributed by atoms with Crippen LogP contribution in [0.4, 0.5) is 5.82 Å². The maximum atomic E-state index is 4.83. The molecule has 6 nitrogen and oxygen atoms in total. The molecule has 1 aliphatic heterocycles. The molecular formula is C19H30N6. The van der Waals surface area contributed by atoms with Crippen LogP contribution in [0.25, 0.3) is 10.9 Å². The molecule has 2 aromatic rings. The minimum absolute atomic E-state index is 0.819. The van der Waals surface area contributed by atoms with Gasteiger partial charge < -0.3 is 15.5 Å². The number of para-hydroxylation sites is 1. The van der Waals surface area contributed by atoms with Crippen molar-refractivity contribution in [3.63, 3.8) is 0 Å². The van der Waals surface area contributed by atoms with Crippen molar-refractivity contribution in [1.82, 2.24) is 25.1 Å². The van der Waals surface area contributed by atoms with Crippen molar-refractivity contribution in [3.05, 3.63) is 30.1 Å². The van der Waals surface area contributed by atoms with E-state index >= 15 is 0 Å². The van der Waals surface area contributed by atoms with Crippen molar-refractivity contribution in [2.75, 3.05) is 58.2 Å². The van der Waals surface area contributed by atoms with Crippen LogP contribution >= 0.6 is 0 Å². The van der Waals surface area contributed by atoms with Gasteiger partial charge in [0.1, 0.15) is 11.6 Å². The zero-order valence-corrected chi connectivity index (χ0v) is 15.5. The number of rotatable bonds is 8. The van der Waals surface area contributed by atoms with Crippen molar-refractivity contribution in [2.45, 2.75) is 19.9 Å². The quantitative estimate of drug-likeness (QED) is 0.714. The molecule has 0 radical (unpaired) electrons. The lowest BCUT2D eigenvalue weighted by Gasteiger charge is -2.26. The largest absolute Gasteiger partial charge is 0.369 e. The Kier molecular flexibility index (Phi) is 6.55. The van der Waals surface area contributed by atoms with E-state index in [9.17, 15) is 0 Å². The van der Waals surface area contributed by atoms with Crippen LogP contribution < -0.4 is 10.6 Å². The second kappa shape index (κ2) is 9.08. The van der Waals surface area contributed by atoms with Crippen molar-refractivity contribution in [3.8, 4) is 0 Å². The normalized spacial score (nSPS) is 15.8. The van der Waals surface area contributed by atoms with Crippen molar-refractivity contribution >= 4 is 16.7 Å². The van der Waals surface area contributed by atoms with Gasteiger partial charge in [0, 0.05) is 38.1 Å². The van der Waals surface area contributed by atoms with Gasteiger partial charge in [-0.2, -0.15) is 0 Å². The van der Waals surface area contributed by atoms with E-state index in [-0.39, 0.29) is 0 Å². The number of hydrogen-bond acceptors (Lipinski definition) is 6. The molecule has 6 heteroatoms. The first-order chi connectivity index (χ1) is 12.3. The SMILES string of the molecule is CCN(C)CCCNc1nc(CN2CCNCC2)nc2ccccc12. The standard InChI is InChI=1S/C19H30N6/c1-3-24(2)12-6-9-21-19-16-7-4-5-8-17(16)22-18(23-19)15-25-13-10-20-11-14-25/h4-5,7-8,20H,3,6,9-15H2,1-2H3,(H,21,22,23). The summed E-state index contributed by atoms with van der Waals surface area (Å²) in [6.45, 7) is 10.3. The maximum absolute atomic E-state index is 4.83. The predicted octanol–water partition coefficient (Wildman–Crippen LogP) is 1.79. The van der Waals surface area contributed by atoms with Gasteiger partial charge in [0.25, 0.3) is 0 Å². The Morgan fingerprint density at radius 3 is 2.80 bits per heavy atom. The molecular weight excluding hydrogens is 312 g/mol. The number of nitrogens with zero attached hydrogens (tertiary/aromatic N) is 4. The highest BCUT2D eigenvalue weighted by atomic mass is 15.2. The molecule has 2 heterocycles. The van der Waals surface area contributed by atoms with Gasteiger partial charge in [0.15, 0.2) is 0 Å². The summed E-state index contributed by atoms with van der Waals surface area (Å²) in [7, 11) is 2.16. The first kappa shape index (κ1) is 18.0. The Bertz CT molecular complexity index is 668. The molecule has 1 aromatic carbocycles. The fourth-order valence-corrected chi connectivity index (χ4v) is 3.11. The van der Waals surface area contributed by atoms with Crippen LogP contribution in [0.1, 0.15) is 19.2 Å².